The monoisotopic (exact) mass is 399 g/mol. The van der Waals surface area contributed by atoms with Crippen LogP contribution >= 0.6 is 27.5 Å². The number of amides is 1. The Kier molecular flexibility index (Phi) is 5.74. The molecule has 0 bridgehead atoms. The molecule has 0 unspecified atom stereocenters. The number of halogens is 3. The summed E-state index contributed by atoms with van der Waals surface area (Å²) in [7, 11) is 0. The predicted molar refractivity (Wildman–Crippen MR) is 89.7 cm³/mol. The standard InChI is InChI=1S/C16H12BrClFNO3/c1-9(21)12-7-11(18)3-5-15(12)23-8-16(22)20-14-4-2-10(17)6-13(14)19/h2-7H,8H2,1H3,(H,20,22). The van der Waals surface area contributed by atoms with E-state index in [4.69, 9.17) is 16.3 Å². The number of nitrogens with one attached hydrogen (secondary N) is 1. The lowest BCUT2D eigenvalue weighted by Gasteiger charge is -2.11. The minimum Gasteiger partial charge on any atom is -0.483 e. The van der Waals surface area contributed by atoms with E-state index in [9.17, 15) is 14.0 Å². The Morgan fingerprint density at radius 2 is 2.00 bits per heavy atom. The van der Waals surface area contributed by atoms with Gasteiger partial charge in [-0.25, -0.2) is 4.39 Å². The topological polar surface area (TPSA) is 55.4 Å². The number of ketones is 1. The van der Waals surface area contributed by atoms with Gasteiger partial charge in [0.05, 0.1) is 11.3 Å². The molecule has 2 aromatic rings. The van der Waals surface area contributed by atoms with Crippen molar-refractivity contribution in [2.75, 3.05) is 11.9 Å². The van der Waals surface area contributed by atoms with Crippen molar-refractivity contribution in [3.8, 4) is 5.75 Å². The van der Waals surface area contributed by atoms with E-state index in [2.05, 4.69) is 21.2 Å². The zero-order chi connectivity index (χ0) is 17.0. The first-order valence-corrected chi connectivity index (χ1v) is 7.72. The van der Waals surface area contributed by atoms with Gasteiger partial charge in [0.25, 0.3) is 5.91 Å². The number of ether oxygens (including phenoxy) is 1. The van der Waals surface area contributed by atoms with Gasteiger partial charge in [-0.3, -0.25) is 9.59 Å². The number of rotatable bonds is 5. The Morgan fingerprint density at radius 3 is 2.65 bits per heavy atom. The van der Waals surface area contributed by atoms with Gasteiger partial charge >= 0.3 is 0 Å². The van der Waals surface area contributed by atoms with Crippen LogP contribution in [-0.4, -0.2) is 18.3 Å². The molecule has 0 aliphatic heterocycles. The SMILES string of the molecule is CC(=O)c1cc(Cl)ccc1OCC(=O)Nc1ccc(Br)cc1F. The first-order valence-electron chi connectivity index (χ1n) is 6.55. The summed E-state index contributed by atoms with van der Waals surface area (Å²) in [6.07, 6.45) is 0. The molecule has 4 nitrogen and oxygen atoms in total. The molecule has 0 spiro atoms. The van der Waals surface area contributed by atoms with Crippen LogP contribution in [0.2, 0.25) is 5.02 Å². The summed E-state index contributed by atoms with van der Waals surface area (Å²) in [5.41, 5.74) is 0.324. The van der Waals surface area contributed by atoms with E-state index >= 15 is 0 Å². The molecule has 0 atom stereocenters. The normalized spacial score (nSPS) is 10.3. The molecule has 0 saturated heterocycles. The van der Waals surface area contributed by atoms with Crippen molar-refractivity contribution >= 4 is 44.9 Å². The quantitative estimate of drug-likeness (QED) is 0.754. The molecule has 0 fully saturated rings. The van der Waals surface area contributed by atoms with Crippen molar-refractivity contribution in [3.63, 3.8) is 0 Å². The van der Waals surface area contributed by atoms with Crippen molar-refractivity contribution in [1.82, 2.24) is 0 Å². The van der Waals surface area contributed by atoms with Gasteiger partial charge in [0.1, 0.15) is 11.6 Å². The molecule has 1 N–H and O–H groups in total. The number of hydrogen-bond donors (Lipinski definition) is 1. The predicted octanol–water partition coefficient (Wildman–Crippen LogP) is 4.46. The molecule has 0 saturated carbocycles. The average Bonchev–Trinajstić information content (AvgIpc) is 2.48. The first-order chi connectivity index (χ1) is 10.9. The minimum atomic E-state index is -0.566. The molecule has 0 aliphatic rings. The summed E-state index contributed by atoms with van der Waals surface area (Å²) >= 11 is 8.96. The van der Waals surface area contributed by atoms with E-state index in [1.807, 2.05) is 0 Å². The molecular formula is C16H12BrClFNO3. The summed E-state index contributed by atoms with van der Waals surface area (Å²) in [5, 5.41) is 2.79. The van der Waals surface area contributed by atoms with Crippen LogP contribution < -0.4 is 10.1 Å². The fourth-order valence-corrected chi connectivity index (χ4v) is 2.33. The molecule has 7 heteroatoms. The largest absolute Gasteiger partial charge is 0.483 e. The molecule has 0 radical (unpaired) electrons. The van der Waals surface area contributed by atoms with E-state index in [0.717, 1.165) is 0 Å². The van der Waals surface area contributed by atoms with Gasteiger partial charge < -0.3 is 10.1 Å². The van der Waals surface area contributed by atoms with Crippen molar-refractivity contribution in [2.45, 2.75) is 6.92 Å². The Labute approximate surface area is 145 Å². The van der Waals surface area contributed by atoms with Gasteiger partial charge in [0.15, 0.2) is 12.4 Å². The second-order valence-corrected chi connectivity index (χ2v) is 6.01. The fourth-order valence-electron chi connectivity index (χ4n) is 1.82. The first kappa shape index (κ1) is 17.4. The Bertz CT molecular complexity index is 767. The van der Waals surface area contributed by atoms with Gasteiger partial charge in [-0.05, 0) is 43.3 Å². The summed E-state index contributed by atoms with van der Waals surface area (Å²) < 4.78 is 19.5. The van der Waals surface area contributed by atoms with Gasteiger partial charge in [0, 0.05) is 9.50 Å². The summed E-state index contributed by atoms with van der Waals surface area (Å²) in [4.78, 5) is 23.4. The molecule has 120 valence electrons. The van der Waals surface area contributed by atoms with E-state index in [-0.39, 0.29) is 29.4 Å². The molecule has 0 aliphatic carbocycles. The van der Waals surface area contributed by atoms with Crippen LogP contribution in [0.5, 0.6) is 5.75 Å². The number of carbonyl (C=O) groups is 2. The van der Waals surface area contributed by atoms with Crippen LogP contribution in [0, 0.1) is 5.82 Å². The van der Waals surface area contributed by atoms with Crippen LogP contribution in [0.4, 0.5) is 10.1 Å². The maximum absolute atomic E-state index is 13.6. The average molecular weight is 401 g/mol. The van der Waals surface area contributed by atoms with E-state index in [1.165, 1.54) is 31.2 Å². The molecule has 2 aromatic carbocycles. The maximum atomic E-state index is 13.6. The van der Waals surface area contributed by atoms with Gasteiger partial charge in [-0.15, -0.1) is 0 Å². The van der Waals surface area contributed by atoms with Gasteiger partial charge in [-0.1, -0.05) is 27.5 Å². The molecule has 0 aromatic heterocycles. The van der Waals surface area contributed by atoms with E-state index in [0.29, 0.717) is 9.50 Å². The number of hydrogen-bond acceptors (Lipinski definition) is 3. The lowest BCUT2D eigenvalue weighted by Crippen LogP contribution is -2.21. The van der Waals surface area contributed by atoms with Crippen molar-refractivity contribution in [2.24, 2.45) is 0 Å². The second-order valence-electron chi connectivity index (χ2n) is 4.66. The number of carbonyl (C=O) groups excluding carboxylic acids is 2. The highest BCUT2D eigenvalue weighted by Gasteiger charge is 2.12. The zero-order valence-corrected chi connectivity index (χ0v) is 14.4. The van der Waals surface area contributed by atoms with E-state index < -0.39 is 11.7 Å². The van der Waals surface area contributed by atoms with Crippen LogP contribution in [0.15, 0.2) is 40.9 Å². The van der Waals surface area contributed by atoms with Crippen LogP contribution in [0.25, 0.3) is 0 Å². The third-order valence-electron chi connectivity index (χ3n) is 2.88. The summed E-state index contributed by atoms with van der Waals surface area (Å²) in [5.74, 6) is -1.10. The second kappa shape index (κ2) is 7.57. The summed E-state index contributed by atoms with van der Waals surface area (Å²) in [6, 6.07) is 8.80. The minimum absolute atomic E-state index is 0.0460. The molecule has 2 rings (SSSR count). The molecular weight excluding hydrogens is 389 g/mol. The van der Waals surface area contributed by atoms with Crippen LogP contribution in [-0.2, 0) is 4.79 Å². The smallest absolute Gasteiger partial charge is 0.262 e. The lowest BCUT2D eigenvalue weighted by molar-refractivity contribution is -0.118. The third-order valence-corrected chi connectivity index (χ3v) is 3.61. The Morgan fingerprint density at radius 1 is 1.26 bits per heavy atom. The van der Waals surface area contributed by atoms with E-state index in [1.54, 1.807) is 12.1 Å². The maximum Gasteiger partial charge on any atom is 0.262 e. The van der Waals surface area contributed by atoms with Crippen molar-refractivity contribution < 1.29 is 18.7 Å². The molecule has 0 heterocycles. The Balaban J connectivity index is 2.03. The highest BCUT2D eigenvalue weighted by Crippen LogP contribution is 2.24. The van der Waals surface area contributed by atoms with Crippen LogP contribution in [0.1, 0.15) is 17.3 Å². The number of benzene rings is 2. The molecule has 1 amide bonds. The fraction of sp³-hybridized carbons (Fsp3) is 0.125. The highest BCUT2D eigenvalue weighted by atomic mass is 79.9. The number of anilines is 1. The number of Topliss-reactive ketones (excluding diaryl/α,β-unsaturated/α-hetero) is 1. The lowest BCUT2D eigenvalue weighted by atomic mass is 10.1. The van der Waals surface area contributed by atoms with Gasteiger partial charge in [0.2, 0.25) is 0 Å². The van der Waals surface area contributed by atoms with Crippen molar-refractivity contribution in [3.05, 3.63) is 57.3 Å². The van der Waals surface area contributed by atoms with Crippen molar-refractivity contribution in [1.29, 1.82) is 0 Å². The third kappa shape index (κ3) is 4.77. The van der Waals surface area contributed by atoms with Gasteiger partial charge in [-0.2, -0.15) is 0 Å². The Hall–Kier alpha value is -1.92. The summed E-state index contributed by atoms with van der Waals surface area (Å²) in [6.45, 7) is 1.01. The highest BCUT2D eigenvalue weighted by molar-refractivity contribution is 9.10. The molecule has 23 heavy (non-hydrogen) atoms. The van der Waals surface area contributed by atoms with Crippen LogP contribution in [0.3, 0.4) is 0 Å². The zero-order valence-electron chi connectivity index (χ0n) is 12.0.